The van der Waals surface area contributed by atoms with E-state index < -0.39 is 16.2 Å². The van der Waals surface area contributed by atoms with Gasteiger partial charge < -0.3 is 5.73 Å². The number of nitrogens with zero attached hydrogens (tertiary/aromatic N) is 1. The van der Waals surface area contributed by atoms with Gasteiger partial charge in [0, 0.05) is 0 Å². The maximum atomic E-state index is 9.83. The largest absolute Gasteiger partial charge is 0.368 e. The van der Waals surface area contributed by atoms with Crippen molar-refractivity contribution in [2.75, 3.05) is 0 Å². The molecule has 0 heterocycles. The number of nitrogens with two attached hydrogens (primary N) is 2. The van der Waals surface area contributed by atoms with Crippen LogP contribution in [0.4, 0.5) is 0 Å². The van der Waals surface area contributed by atoms with Crippen molar-refractivity contribution in [2.45, 2.75) is 0 Å². The van der Waals surface area contributed by atoms with Crippen molar-refractivity contribution in [3.05, 3.63) is 0 Å². The molecule has 0 atom stereocenters. The summed E-state index contributed by atoms with van der Waals surface area (Å²) >= 11 is 0. The molecule has 0 aliphatic carbocycles. The van der Waals surface area contributed by atoms with Crippen molar-refractivity contribution >= 4 is 16.2 Å². The summed E-state index contributed by atoms with van der Waals surface area (Å²) in [4.78, 5) is 0. The van der Waals surface area contributed by atoms with Crippen molar-refractivity contribution in [1.82, 2.24) is 4.72 Å². The van der Waals surface area contributed by atoms with Gasteiger partial charge in [0.05, 0.1) is 0 Å². The summed E-state index contributed by atoms with van der Waals surface area (Å²) in [5.41, 5.74) is 4.54. The van der Waals surface area contributed by atoms with E-state index in [0.29, 0.717) is 0 Å². The molecule has 0 aliphatic heterocycles. The minimum Gasteiger partial charge on any atom is -0.368 e. The summed E-state index contributed by atoms with van der Waals surface area (Å²) in [5.74, 6) is -0.812. The molecule has 0 aliphatic rings. The molecule has 0 aromatic carbocycles. The Morgan fingerprint density at radius 2 is 2.00 bits per heavy atom. The van der Waals surface area contributed by atoms with Gasteiger partial charge >= 0.3 is 10.2 Å². The maximum Gasteiger partial charge on any atom is 0.320 e. The molecule has 7 heteroatoms. The Balaban J connectivity index is 3.95. The maximum absolute atomic E-state index is 9.83. The molecule has 0 amide bonds. The summed E-state index contributed by atoms with van der Waals surface area (Å²) < 4.78 is 22.2. The Labute approximate surface area is 46.6 Å². The summed E-state index contributed by atoms with van der Waals surface area (Å²) in [6, 6.07) is 0. The molecule has 0 saturated heterocycles. The molecule has 1 radical (unpaired) electrons. The van der Waals surface area contributed by atoms with Crippen LogP contribution in [-0.2, 0) is 10.2 Å². The summed E-state index contributed by atoms with van der Waals surface area (Å²) in [6.07, 6.45) is 0. The highest BCUT2D eigenvalue weighted by molar-refractivity contribution is 7.87. The number of nitrogens with one attached hydrogen (secondary N) is 1. The predicted octanol–water partition coefficient (Wildman–Crippen LogP) is -2.31. The Bertz CT molecular complexity index is 180. The van der Waals surface area contributed by atoms with Gasteiger partial charge in [-0.05, 0) is 0 Å². The topological polar surface area (TPSA) is 124 Å². The molecule has 0 saturated carbocycles. The zero-order valence-corrected chi connectivity index (χ0v) is 4.64. The molecule has 6 nitrogen and oxygen atoms in total. The van der Waals surface area contributed by atoms with Crippen LogP contribution in [0.3, 0.4) is 0 Å². The van der Waals surface area contributed by atoms with E-state index in [1.54, 1.807) is 0 Å². The van der Waals surface area contributed by atoms with Crippen LogP contribution in [0.15, 0.2) is 0 Å². The summed E-state index contributed by atoms with van der Waals surface area (Å²) in [6.45, 7) is 0. The SMILES string of the molecule is N=C(N)[N]S(N)(=O)=O. The number of hydrogen-bond acceptors (Lipinski definition) is 3. The smallest absolute Gasteiger partial charge is 0.320 e. The van der Waals surface area contributed by atoms with Crippen LogP contribution in [0.1, 0.15) is 0 Å². The summed E-state index contributed by atoms with van der Waals surface area (Å²) in [7, 11) is -3.95. The van der Waals surface area contributed by atoms with Gasteiger partial charge in [0.15, 0.2) is 0 Å². The van der Waals surface area contributed by atoms with Gasteiger partial charge in [0.2, 0.25) is 5.96 Å². The van der Waals surface area contributed by atoms with Crippen molar-refractivity contribution in [3.63, 3.8) is 0 Å². The van der Waals surface area contributed by atoms with Gasteiger partial charge in [0.25, 0.3) is 0 Å². The third-order valence-corrected chi connectivity index (χ3v) is 0.677. The van der Waals surface area contributed by atoms with Crippen molar-refractivity contribution in [1.29, 1.82) is 5.41 Å². The minimum absolute atomic E-state index is 0.812. The van der Waals surface area contributed by atoms with E-state index in [-0.39, 0.29) is 0 Å². The normalized spacial score (nSPS) is 10.6. The Kier molecular flexibility index (Phi) is 1.77. The average Bonchev–Trinajstić information content (AvgIpc) is 1.21. The van der Waals surface area contributed by atoms with Crippen molar-refractivity contribution < 1.29 is 8.42 Å². The van der Waals surface area contributed by atoms with Crippen molar-refractivity contribution in [2.24, 2.45) is 10.9 Å². The van der Waals surface area contributed by atoms with E-state index >= 15 is 0 Å². The predicted molar refractivity (Wildman–Crippen MR) is 27.2 cm³/mol. The molecule has 0 unspecified atom stereocenters. The molecule has 0 aromatic rings. The van der Waals surface area contributed by atoms with Crippen LogP contribution in [-0.4, -0.2) is 14.4 Å². The molecule has 0 fully saturated rings. The zero-order chi connectivity index (χ0) is 6.78. The van der Waals surface area contributed by atoms with Crippen LogP contribution in [0.5, 0.6) is 0 Å². The second-order valence-electron chi connectivity index (χ2n) is 0.991. The van der Waals surface area contributed by atoms with Crippen LogP contribution in [0.25, 0.3) is 0 Å². The monoisotopic (exact) mass is 137 g/mol. The van der Waals surface area contributed by atoms with Crippen LogP contribution < -0.4 is 15.6 Å². The molecule has 5 N–H and O–H groups in total. The highest BCUT2D eigenvalue weighted by atomic mass is 32.2. The molecule has 0 bridgehead atoms. The average molecular weight is 137 g/mol. The molecule has 0 aromatic heterocycles. The fourth-order valence-corrected chi connectivity index (χ4v) is 0.411. The quantitative estimate of drug-likeness (QED) is 0.277. The second-order valence-corrected chi connectivity index (χ2v) is 2.20. The first-order valence-corrected chi connectivity index (χ1v) is 3.02. The number of hydrogen-bond donors (Lipinski definition) is 3. The van der Waals surface area contributed by atoms with Gasteiger partial charge in [-0.15, -0.1) is 4.72 Å². The fraction of sp³-hybridized carbons (Fsp3) is 0. The van der Waals surface area contributed by atoms with Crippen molar-refractivity contribution in [3.8, 4) is 0 Å². The molecular weight excluding hydrogens is 132 g/mol. The molecule has 0 spiro atoms. The Morgan fingerprint density at radius 1 is 1.62 bits per heavy atom. The first-order chi connectivity index (χ1) is 3.42. The lowest BCUT2D eigenvalue weighted by atomic mass is 11.1. The highest BCUT2D eigenvalue weighted by Crippen LogP contribution is 1.65. The minimum atomic E-state index is -3.95. The van der Waals surface area contributed by atoms with Gasteiger partial charge in [-0.2, -0.15) is 8.42 Å². The van der Waals surface area contributed by atoms with E-state index in [0.717, 1.165) is 0 Å². The standard InChI is InChI=1S/CH5N4O2S/c2-1(3)5-8(4,6)7/h(H3,2,3)(H2,4,6,7). The third-order valence-electron chi connectivity index (χ3n) is 0.226. The Morgan fingerprint density at radius 3 is 2.00 bits per heavy atom. The summed E-state index contributed by atoms with van der Waals surface area (Å²) in [5, 5.41) is 10.6. The molecular formula is CH5N4O2S. The van der Waals surface area contributed by atoms with Gasteiger partial charge in [-0.25, -0.2) is 5.14 Å². The van der Waals surface area contributed by atoms with E-state index in [2.05, 4.69) is 15.6 Å². The highest BCUT2D eigenvalue weighted by Gasteiger charge is 2.02. The molecule has 47 valence electrons. The number of guanidine groups is 1. The second kappa shape index (κ2) is 1.97. The van der Waals surface area contributed by atoms with E-state index in [1.165, 1.54) is 0 Å². The first kappa shape index (κ1) is 7.18. The number of rotatable bonds is 1. The lowest BCUT2D eigenvalue weighted by molar-refractivity contribution is 0.593. The van der Waals surface area contributed by atoms with Gasteiger partial charge in [-0.1, -0.05) is 0 Å². The third kappa shape index (κ3) is 5.18. The molecule has 0 rings (SSSR count). The van der Waals surface area contributed by atoms with E-state index in [4.69, 9.17) is 5.41 Å². The lowest BCUT2D eigenvalue weighted by Gasteiger charge is -1.91. The van der Waals surface area contributed by atoms with Crippen LogP contribution in [0.2, 0.25) is 0 Å². The zero-order valence-electron chi connectivity index (χ0n) is 3.83. The van der Waals surface area contributed by atoms with Gasteiger partial charge in [0.1, 0.15) is 0 Å². The van der Waals surface area contributed by atoms with E-state index in [1.807, 2.05) is 0 Å². The van der Waals surface area contributed by atoms with Gasteiger partial charge in [-0.3, -0.25) is 5.41 Å². The molecule has 8 heavy (non-hydrogen) atoms. The van der Waals surface area contributed by atoms with E-state index in [9.17, 15) is 8.42 Å². The van der Waals surface area contributed by atoms with Crippen LogP contribution in [0, 0.1) is 5.41 Å². The van der Waals surface area contributed by atoms with Crippen LogP contribution >= 0.6 is 0 Å². The lowest BCUT2D eigenvalue weighted by Crippen LogP contribution is -2.33. The Hall–Kier alpha value is -0.820. The fourth-order valence-electron chi connectivity index (χ4n) is 0.137. The first-order valence-electron chi connectivity index (χ1n) is 1.51.